The standard InChI is InChI=1S/C13H18N2O3S/c1-19(17,18)12-4-2-11(3-5-12)15-13(16)8-10-6-7-14-9-10/h2-5,10,14H,6-9H2,1H3,(H,15,16). The molecule has 5 nitrogen and oxygen atoms in total. The third kappa shape index (κ3) is 4.04. The molecular formula is C13H18N2O3S. The number of nitrogens with one attached hydrogen (secondary N) is 2. The van der Waals surface area contributed by atoms with E-state index in [1.165, 1.54) is 12.1 Å². The van der Waals surface area contributed by atoms with E-state index in [0.29, 0.717) is 18.0 Å². The van der Waals surface area contributed by atoms with E-state index in [-0.39, 0.29) is 10.8 Å². The predicted octanol–water partition coefficient (Wildman–Crippen LogP) is 1.03. The van der Waals surface area contributed by atoms with Crippen LogP contribution in [-0.2, 0) is 14.6 Å². The number of hydrogen-bond acceptors (Lipinski definition) is 4. The van der Waals surface area contributed by atoms with Crippen molar-refractivity contribution in [2.24, 2.45) is 5.92 Å². The lowest BCUT2D eigenvalue weighted by molar-refractivity contribution is -0.116. The van der Waals surface area contributed by atoms with Crippen molar-refractivity contribution in [3.63, 3.8) is 0 Å². The summed E-state index contributed by atoms with van der Waals surface area (Å²) in [6.07, 6.45) is 2.69. The van der Waals surface area contributed by atoms with Gasteiger partial charge in [0.15, 0.2) is 9.84 Å². The maximum atomic E-state index is 11.8. The zero-order chi connectivity index (χ0) is 13.9. The number of benzene rings is 1. The highest BCUT2D eigenvalue weighted by Gasteiger charge is 2.18. The summed E-state index contributed by atoms with van der Waals surface area (Å²) in [5, 5.41) is 6.00. The van der Waals surface area contributed by atoms with Gasteiger partial charge in [-0.25, -0.2) is 8.42 Å². The van der Waals surface area contributed by atoms with Gasteiger partial charge in [-0.15, -0.1) is 0 Å². The molecule has 1 unspecified atom stereocenters. The van der Waals surface area contributed by atoms with Gasteiger partial charge in [0.1, 0.15) is 0 Å². The van der Waals surface area contributed by atoms with Crippen LogP contribution in [0.2, 0.25) is 0 Å². The molecule has 1 saturated heterocycles. The molecule has 1 atom stereocenters. The van der Waals surface area contributed by atoms with Crippen molar-refractivity contribution in [2.75, 3.05) is 24.7 Å². The first kappa shape index (κ1) is 14.0. The van der Waals surface area contributed by atoms with Crippen LogP contribution in [0.3, 0.4) is 0 Å². The maximum Gasteiger partial charge on any atom is 0.224 e. The molecule has 0 bridgehead atoms. The molecule has 0 aromatic heterocycles. The van der Waals surface area contributed by atoms with Gasteiger partial charge < -0.3 is 10.6 Å². The molecule has 0 saturated carbocycles. The van der Waals surface area contributed by atoms with Crippen LogP contribution in [-0.4, -0.2) is 33.7 Å². The third-order valence-electron chi connectivity index (χ3n) is 3.20. The van der Waals surface area contributed by atoms with Gasteiger partial charge in [0, 0.05) is 18.4 Å². The molecule has 0 spiro atoms. The topological polar surface area (TPSA) is 75.3 Å². The minimum Gasteiger partial charge on any atom is -0.326 e. The number of anilines is 1. The molecule has 0 radical (unpaired) electrons. The van der Waals surface area contributed by atoms with E-state index < -0.39 is 9.84 Å². The first-order chi connectivity index (χ1) is 8.95. The lowest BCUT2D eigenvalue weighted by atomic mass is 10.0. The van der Waals surface area contributed by atoms with Gasteiger partial charge in [0.25, 0.3) is 0 Å². The van der Waals surface area contributed by atoms with Crippen molar-refractivity contribution >= 4 is 21.4 Å². The van der Waals surface area contributed by atoms with E-state index >= 15 is 0 Å². The van der Waals surface area contributed by atoms with Crippen LogP contribution in [0.25, 0.3) is 0 Å². The highest BCUT2D eigenvalue weighted by Crippen LogP contribution is 2.16. The lowest BCUT2D eigenvalue weighted by Gasteiger charge is -2.09. The van der Waals surface area contributed by atoms with Gasteiger partial charge >= 0.3 is 0 Å². The van der Waals surface area contributed by atoms with E-state index in [4.69, 9.17) is 0 Å². The van der Waals surface area contributed by atoms with Crippen molar-refractivity contribution in [3.8, 4) is 0 Å². The Kier molecular flexibility index (Phi) is 4.21. The fourth-order valence-corrected chi connectivity index (χ4v) is 2.78. The minimum atomic E-state index is -3.19. The molecule has 1 aliphatic heterocycles. The molecule has 0 aliphatic carbocycles. The number of hydrogen-bond donors (Lipinski definition) is 2. The monoisotopic (exact) mass is 282 g/mol. The van der Waals surface area contributed by atoms with Crippen LogP contribution in [0, 0.1) is 5.92 Å². The highest BCUT2D eigenvalue weighted by atomic mass is 32.2. The van der Waals surface area contributed by atoms with E-state index in [0.717, 1.165) is 25.8 Å². The number of sulfone groups is 1. The lowest BCUT2D eigenvalue weighted by Crippen LogP contribution is -2.18. The van der Waals surface area contributed by atoms with E-state index in [2.05, 4.69) is 10.6 Å². The Labute approximate surface area is 113 Å². The summed E-state index contributed by atoms with van der Waals surface area (Å²) in [7, 11) is -3.19. The molecule has 2 rings (SSSR count). The second-order valence-electron chi connectivity index (χ2n) is 4.91. The van der Waals surface area contributed by atoms with E-state index in [1.807, 2.05) is 0 Å². The van der Waals surface area contributed by atoms with Crippen LogP contribution < -0.4 is 10.6 Å². The fraction of sp³-hybridized carbons (Fsp3) is 0.462. The number of amides is 1. The molecule has 1 aromatic carbocycles. The summed E-state index contributed by atoms with van der Waals surface area (Å²) >= 11 is 0. The Bertz CT molecular complexity index is 546. The largest absolute Gasteiger partial charge is 0.326 e. The van der Waals surface area contributed by atoms with Gasteiger partial charge in [-0.05, 0) is 49.7 Å². The average molecular weight is 282 g/mol. The molecule has 6 heteroatoms. The summed E-state index contributed by atoms with van der Waals surface area (Å²) in [5.74, 6) is 0.371. The molecule has 1 fully saturated rings. The van der Waals surface area contributed by atoms with Gasteiger partial charge in [0.05, 0.1) is 4.90 Å². The SMILES string of the molecule is CS(=O)(=O)c1ccc(NC(=O)CC2CCNC2)cc1. The van der Waals surface area contributed by atoms with Gasteiger partial charge in [-0.3, -0.25) is 4.79 Å². The Balaban J connectivity index is 1.93. The van der Waals surface area contributed by atoms with E-state index in [9.17, 15) is 13.2 Å². The summed E-state index contributed by atoms with van der Waals surface area (Å²) < 4.78 is 22.6. The summed E-state index contributed by atoms with van der Waals surface area (Å²) in [5.41, 5.74) is 0.628. The zero-order valence-corrected chi connectivity index (χ0v) is 11.7. The molecular weight excluding hydrogens is 264 g/mol. The van der Waals surface area contributed by atoms with Crippen molar-refractivity contribution in [3.05, 3.63) is 24.3 Å². The predicted molar refractivity (Wildman–Crippen MR) is 73.8 cm³/mol. The maximum absolute atomic E-state index is 11.8. The molecule has 1 heterocycles. The molecule has 2 N–H and O–H groups in total. The molecule has 104 valence electrons. The van der Waals surface area contributed by atoms with Crippen LogP contribution in [0.5, 0.6) is 0 Å². The van der Waals surface area contributed by atoms with Crippen LogP contribution >= 0.6 is 0 Å². The normalized spacial score (nSPS) is 19.3. The van der Waals surface area contributed by atoms with Crippen molar-refractivity contribution < 1.29 is 13.2 Å². The smallest absolute Gasteiger partial charge is 0.224 e. The second kappa shape index (κ2) is 5.71. The van der Waals surface area contributed by atoms with Crippen LogP contribution in [0.15, 0.2) is 29.2 Å². The molecule has 1 amide bonds. The van der Waals surface area contributed by atoms with Crippen molar-refractivity contribution in [1.82, 2.24) is 5.32 Å². The molecule has 1 aromatic rings. The number of rotatable bonds is 4. The van der Waals surface area contributed by atoms with Gasteiger partial charge in [-0.2, -0.15) is 0 Å². The quantitative estimate of drug-likeness (QED) is 0.865. The average Bonchev–Trinajstić information content (AvgIpc) is 2.81. The Morgan fingerprint density at radius 3 is 2.58 bits per heavy atom. The van der Waals surface area contributed by atoms with Crippen molar-refractivity contribution in [2.45, 2.75) is 17.7 Å². The number of carbonyl (C=O) groups excluding carboxylic acids is 1. The molecule has 19 heavy (non-hydrogen) atoms. The summed E-state index contributed by atoms with van der Waals surface area (Å²) in [4.78, 5) is 12.0. The van der Waals surface area contributed by atoms with Gasteiger partial charge in [-0.1, -0.05) is 0 Å². The summed E-state index contributed by atoms with van der Waals surface area (Å²) in [6, 6.07) is 6.23. The Hall–Kier alpha value is -1.40. The van der Waals surface area contributed by atoms with Crippen LogP contribution in [0.1, 0.15) is 12.8 Å². The fourth-order valence-electron chi connectivity index (χ4n) is 2.15. The van der Waals surface area contributed by atoms with Crippen LogP contribution in [0.4, 0.5) is 5.69 Å². The first-order valence-corrected chi connectivity index (χ1v) is 8.15. The minimum absolute atomic E-state index is 0.0270. The van der Waals surface area contributed by atoms with E-state index in [1.54, 1.807) is 12.1 Å². The summed E-state index contributed by atoms with van der Waals surface area (Å²) in [6.45, 7) is 1.86. The van der Waals surface area contributed by atoms with Gasteiger partial charge in [0.2, 0.25) is 5.91 Å². The zero-order valence-electron chi connectivity index (χ0n) is 10.8. The highest BCUT2D eigenvalue weighted by molar-refractivity contribution is 7.90. The third-order valence-corrected chi connectivity index (χ3v) is 4.33. The van der Waals surface area contributed by atoms with Crippen molar-refractivity contribution in [1.29, 1.82) is 0 Å². The molecule has 1 aliphatic rings. The first-order valence-electron chi connectivity index (χ1n) is 6.26. The second-order valence-corrected chi connectivity index (χ2v) is 6.92. The number of carbonyl (C=O) groups is 1. The Morgan fingerprint density at radius 1 is 1.37 bits per heavy atom. The Morgan fingerprint density at radius 2 is 2.05 bits per heavy atom.